The minimum Gasteiger partial charge on any atom is -0.480 e. The van der Waals surface area contributed by atoms with Gasteiger partial charge in [0.25, 0.3) is 5.69 Å². The van der Waals surface area contributed by atoms with E-state index >= 15 is 0 Å². The van der Waals surface area contributed by atoms with Crippen LogP contribution in [0, 0.1) is 10.1 Å². The summed E-state index contributed by atoms with van der Waals surface area (Å²) in [6.45, 7) is 0. The van der Waals surface area contributed by atoms with Crippen LogP contribution in [-0.4, -0.2) is 27.8 Å². The van der Waals surface area contributed by atoms with Crippen molar-refractivity contribution >= 4 is 36.2 Å². The van der Waals surface area contributed by atoms with E-state index in [0.717, 1.165) is 11.9 Å². The molecule has 0 heterocycles. The smallest absolute Gasteiger partial charge is 0.322 e. The average Bonchev–Trinajstić information content (AvgIpc) is 2.29. The van der Waals surface area contributed by atoms with Crippen molar-refractivity contribution in [1.29, 1.82) is 0 Å². The maximum atomic E-state index is 10.7. The summed E-state index contributed by atoms with van der Waals surface area (Å²) >= 11 is 4.79. The summed E-state index contributed by atoms with van der Waals surface area (Å²) in [5.41, 5.74) is -0.0618. The first-order chi connectivity index (χ1) is 8.06. The first kappa shape index (κ1) is 13.8. The molecule has 0 aliphatic carbocycles. The van der Waals surface area contributed by atoms with Crippen molar-refractivity contribution in [2.24, 2.45) is 0 Å². The zero-order chi connectivity index (χ0) is 12.8. The lowest BCUT2D eigenvalue weighted by Crippen LogP contribution is -2.33. The molecule has 0 spiro atoms. The molecular weight excluding hydrogens is 264 g/mol. The third-order valence-electron chi connectivity index (χ3n) is 1.85. The van der Waals surface area contributed by atoms with Crippen LogP contribution in [0.2, 0.25) is 0 Å². The molecule has 0 aliphatic rings. The number of rotatable bonds is 6. The Morgan fingerprint density at radius 2 is 2.24 bits per heavy atom. The number of nitrogens with zero attached hydrogens (tertiary/aromatic N) is 1. The van der Waals surface area contributed by atoms with Gasteiger partial charge in [-0.3, -0.25) is 14.9 Å². The number of carbonyl (C=O) groups is 1. The Kier molecular flexibility index (Phi) is 5.26. The molecule has 0 aliphatic heterocycles. The number of hydrogen-bond donors (Lipinski definition) is 3. The van der Waals surface area contributed by atoms with Crippen LogP contribution in [-0.2, 0) is 4.79 Å². The molecule has 0 saturated heterocycles. The van der Waals surface area contributed by atoms with E-state index in [1.54, 1.807) is 18.2 Å². The van der Waals surface area contributed by atoms with Gasteiger partial charge in [0.05, 0.1) is 4.92 Å². The van der Waals surface area contributed by atoms with Gasteiger partial charge in [-0.1, -0.05) is 12.1 Å². The molecule has 17 heavy (non-hydrogen) atoms. The Labute approximate surface area is 107 Å². The van der Waals surface area contributed by atoms with Crippen LogP contribution in [0.4, 0.5) is 5.69 Å². The molecule has 0 aromatic heterocycles. The molecule has 0 fully saturated rings. The largest absolute Gasteiger partial charge is 0.480 e. The standard InChI is InChI=1S/C9H10N2O4S2/c12-9(13)6(5-16)10-17-8-4-2-1-3-7(8)11(14)15/h1-4,6,10,16H,5H2,(H,12,13). The molecule has 8 heteroatoms. The van der Waals surface area contributed by atoms with E-state index in [-0.39, 0.29) is 11.4 Å². The number of para-hydroxylation sites is 1. The van der Waals surface area contributed by atoms with Crippen LogP contribution in [0.15, 0.2) is 29.2 Å². The van der Waals surface area contributed by atoms with Crippen LogP contribution in [0.25, 0.3) is 0 Å². The highest BCUT2D eigenvalue weighted by Crippen LogP contribution is 2.26. The molecule has 92 valence electrons. The highest BCUT2D eigenvalue weighted by atomic mass is 32.2. The number of benzene rings is 1. The van der Waals surface area contributed by atoms with Crippen LogP contribution in [0.5, 0.6) is 0 Å². The number of thiol groups is 1. The van der Waals surface area contributed by atoms with Gasteiger partial charge in [-0.2, -0.15) is 12.6 Å². The second-order valence-electron chi connectivity index (χ2n) is 3.02. The van der Waals surface area contributed by atoms with E-state index in [1.807, 2.05) is 0 Å². The van der Waals surface area contributed by atoms with Gasteiger partial charge in [-0.15, -0.1) is 0 Å². The normalized spacial score (nSPS) is 12.1. The topological polar surface area (TPSA) is 92.5 Å². The first-order valence-corrected chi connectivity index (χ1v) is 6.00. The molecule has 0 bridgehead atoms. The van der Waals surface area contributed by atoms with Gasteiger partial charge in [-0.05, 0) is 18.0 Å². The second-order valence-corrected chi connectivity index (χ2v) is 4.26. The van der Waals surface area contributed by atoms with Crippen molar-refractivity contribution in [3.05, 3.63) is 34.4 Å². The van der Waals surface area contributed by atoms with Gasteiger partial charge in [0.15, 0.2) is 0 Å². The number of carboxylic acid groups (broad SMARTS) is 1. The molecule has 1 aromatic carbocycles. The number of hydrogen-bond acceptors (Lipinski definition) is 6. The zero-order valence-corrected chi connectivity index (χ0v) is 10.3. The SMILES string of the molecule is O=C(O)C(CS)NSc1ccccc1[N+](=O)[O-]. The Hall–Kier alpha value is -1.25. The number of nitro groups is 1. The molecular formula is C9H10N2O4S2. The Bertz CT molecular complexity index is 427. The molecule has 2 N–H and O–H groups in total. The average molecular weight is 274 g/mol. The highest BCUT2D eigenvalue weighted by Gasteiger charge is 2.18. The third-order valence-corrected chi connectivity index (χ3v) is 3.19. The molecule has 6 nitrogen and oxygen atoms in total. The van der Waals surface area contributed by atoms with E-state index < -0.39 is 16.9 Å². The Morgan fingerprint density at radius 1 is 1.59 bits per heavy atom. The lowest BCUT2D eigenvalue weighted by molar-refractivity contribution is -0.387. The summed E-state index contributed by atoms with van der Waals surface area (Å²) in [4.78, 5) is 21.3. The molecule has 0 amide bonds. The minimum absolute atomic E-state index is 0.0618. The van der Waals surface area contributed by atoms with Gasteiger partial charge < -0.3 is 5.11 Å². The summed E-state index contributed by atoms with van der Waals surface area (Å²) in [5.74, 6) is -0.950. The van der Waals surface area contributed by atoms with Gasteiger partial charge >= 0.3 is 5.97 Å². The summed E-state index contributed by atoms with van der Waals surface area (Å²) in [5, 5.41) is 19.5. The molecule has 1 aromatic rings. The maximum absolute atomic E-state index is 10.7. The highest BCUT2D eigenvalue weighted by molar-refractivity contribution is 7.97. The Morgan fingerprint density at radius 3 is 2.76 bits per heavy atom. The summed E-state index contributed by atoms with van der Waals surface area (Å²) in [7, 11) is 0. The lowest BCUT2D eigenvalue weighted by atomic mass is 10.3. The van der Waals surface area contributed by atoms with Gasteiger partial charge in [0.2, 0.25) is 0 Å². The van der Waals surface area contributed by atoms with Crippen LogP contribution >= 0.6 is 24.6 Å². The van der Waals surface area contributed by atoms with E-state index in [1.165, 1.54) is 6.07 Å². The summed E-state index contributed by atoms with van der Waals surface area (Å²) < 4.78 is 2.62. The lowest BCUT2D eigenvalue weighted by Gasteiger charge is -2.10. The van der Waals surface area contributed by atoms with Crippen molar-refractivity contribution in [1.82, 2.24) is 4.72 Å². The predicted octanol–water partition coefficient (Wildman–Crippen LogP) is 1.57. The van der Waals surface area contributed by atoms with Gasteiger partial charge in [0, 0.05) is 11.8 Å². The third kappa shape index (κ3) is 3.91. The molecule has 1 unspecified atom stereocenters. The fraction of sp³-hybridized carbons (Fsp3) is 0.222. The summed E-state index contributed by atoms with van der Waals surface area (Å²) in [6, 6.07) is 5.25. The fourth-order valence-electron chi connectivity index (χ4n) is 0.995. The van der Waals surface area contributed by atoms with E-state index in [9.17, 15) is 14.9 Å². The van der Waals surface area contributed by atoms with Gasteiger partial charge in [-0.25, -0.2) is 4.72 Å². The second kappa shape index (κ2) is 6.48. The van der Waals surface area contributed by atoms with Crippen molar-refractivity contribution in [2.75, 3.05) is 5.75 Å². The Balaban J connectivity index is 2.75. The fourth-order valence-corrected chi connectivity index (χ4v) is 2.21. The van der Waals surface area contributed by atoms with Crippen LogP contribution in [0.1, 0.15) is 0 Å². The van der Waals surface area contributed by atoms with E-state index in [2.05, 4.69) is 17.4 Å². The van der Waals surface area contributed by atoms with Crippen LogP contribution in [0.3, 0.4) is 0 Å². The van der Waals surface area contributed by atoms with Crippen molar-refractivity contribution < 1.29 is 14.8 Å². The van der Waals surface area contributed by atoms with Crippen molar-refractivity contribution in [3.8, 4) is 0 Å². The first-order valence-electron chi connectivity index (χ1n) is 4.55. The number of carboxylic acids is 1. The molecule has 1 atom stereocenters. The van der Waals surface area contributed by atoms with E-state index in [4.69, 9.17) is 5.11 Å². The monoisotopic (exact) mass is 274 g/mol. The van der Waals surface area contributed by atoms with Gasteiger partial charge in [0.1, 0.15) is 10.9 Å². The van der Waals surface area contributed by atoms with Crippen LogP contribution < -0.4 is 4.72 Å². The van der Waals surface area contributed by atoms with Crippen molar-refractivity contribution in [2.45, 2.75) is 10.9 Å². The zero-order valence-electron chi connectivity index (χ0n) is 8.57. The summed E-state index contributed by atoms with van der Waals surface area (Å²) in [6.07, 6.45) is 0. The van der Waals surface area contributed by atoms with Crippen molar-refractivity contribution in [3.63, 3.8) is 0 Å². The predicted molar refractivity (Wildman–Crippen MR) is 67.4 cm³/mol. The molecule has 1 rings (SSSR count). The minimum atomic E-state index is -1.05. The number of nitro benzene ring substituents is 1. The number of aliphatic carboxylic acids is 1. The quantitative estimate of drug-likeness (QED) is 0.315. The maximum Gasteiger partial charge on any atom is 0.322 e. The molecule has 0 radical (unpaired) electrons. The van der Waals surface area contributed by atoms with E-state index in [0.29, 0.717) is 4.90 Å². The number of nitrogens with one attached hydrogen (secondary N) is 1. The molecule has 0 saturated carbocycles.